The van der Waals surface area contributed by atoms with Crippen molar-refractivity contribution in [3.63, 3.8) is 0 Å². The molecule has 0 aliphatic heterocycles. The molecule has 2 aromatic rings. The largest absolute Gasteiger partial charge is 0.313 e. The van der Waals surface area contributed by atoms with E-state index in [-0.39, 0.29) is 0 Å². The molecule has 5 nitrogen and oxygen atoms in total. The zero-order valence-corrected chi connectivity index (χ0v) is 10.7. The molecular formula is C11H15N5S. The fraction of sp³-hybridized carbons (Fsp3) is 0.364. The molecular weight excluding hydrogens is 234 g/mol. The average molecular weight is 249 g/mol. The van der Waals surface area contributed by atoms with Crippen LogP contribution in [-0.4, -0.2) is 26.3 Å². The molecule has 1 N–H and O–H groups in total. The van der Waals surface area contributed by atoms with E-state index in [0.717, 1.165) is 23.3 Å². The number of rotatable bonds is 5. The third-order valence-electron chi connectivity index (χ3n) is 2.24. The normalized spacial score (nSPS) is 10.7. The molecule has 2 aromatic heterocycles. The van der Waals surface area contributed by atoms with Gasteiger partial charge < -0.3 is 5.32 Å². The number of aromatic nitrogens is 4. The highest BCUT2D eigenvalue weighted by Crippen LogP contribution is 2.22. The van der Waals surface area contributed by atoms with Gasteiger partial charge in [0.05, 0.1) is 0 Å². The third-order valence-corrected chi connectivity index (χ3v) is 3.25. The van der Waals surface area contributed by atoms with Crippen LogP contribution in [0.4, 0.5) is 0 Å². The van der Waals surface area contributed by atoms with Crippen molar-refractivity contribution in [2.24, 2.45) is 7.05 Å². The molecule has 0 aliphatic carbocycles. The monoisotopic (exact) mass is 249 g/mol. The van der Waals surface area contributed by atoms with Crippen molar-refractivity contribution >= 4 is 11.8 Å². The summed E-state index contributed by atoms with van der Waals surface area (Å²) in [6.45, 7) is 3.92. The lowest BCUT2D eigenvalue weighted by Gasteiger charge is -2.03. The first-order valence-corrected chi connectivity index (χ1v) is 6.28. The van der Waals surface area contributed by atoms with E-state index in [1.54, 1.807) is 11.0 Å². The van der Waals surface area contributed by atoms with E-state index < -0.39 is 0 Å². The maximum atomic E-state index is 4.39. The molecule has 0 saturated carbocycles. The van der Waals surface area contributed by atoms with Crippen molar-refractivity contribution in [2.45, 2.75) is 23.7 Å². The van der Waals surface area contributed by atoms with Gasteiger partial charge in [-0.15, -0.1) is 0 Å². The molecule has 0 unspecified atom stereocenters. The van der Waals surface area contributed by atoms with Crippen LogP contribution in [0.5, 0.6) is 0 Å². The van der Waals surface area contributed by atoms with Crippen molar-refractivity contribution in [2.75, 3.05) is 6.54 Å². The van der Waals surface area contributed by atoms with Crippen LogP contribution in [0.2, 0.25) is 0 Å². The van der Waals surface area contributed by atoms with Gasteiger partial charge >= 0.3 is 0 Å². The van der Waals surface area contributed by atoms with Gasteiger partial charge in [-0.3, -0.25) is 0 Å². The Bertz CT molecular complexity index is 465. The van der Waals surface area contributed by atoms with Gasteiger partial charge in [-0.2, -0.15) is 5.10 Å². The maximum Gasteiger partial charge on any atom is 0.192 e. The summed E-state index contributed by atoms with van der Waals surface area (Å²) in [4.78, 5) is 8.53. The Morgan fingerprint density at radius 2 is 2.24 bits per heavy atom. The van der Waals surface area contributed by atoms with E-state index in [9.17, 15) is 0 Å². The molecule has 2 heterocycles. The Morgan fingerprint density at radius 1 is 1.35 bits per heavy atom. The second-order valence-electron chi connectivity index (χ2n) is 3.55. The van der Waals surface area contributed by atoms with Crippen molar-refractivity contribution in [1.29, 1.82) is 0 Å². The van der Waals surface area contributed by atoms with Crippen LogP contribution in [0.15, 0.2) is 34.8 Å². The summed E-state index contributed by atoms with van der Waals surface area (Å²) in [5.41, 5.74) is 1.19. The third kappa shape index (κ3) is 3.28. The molecule has 0 bridgehead atoms. The minimum atomic E-state index is 0.844. The van der Waals surface area contributed by atoms with Crippen LogP contribution >= 0.6 is 11.8 Å². The van der Waals surface area contributed by atoms with Gasteiger partial charge in [-0.25, -0.2) is 14.6 Å². The summed E-state index contributed by atoms with van der Waals surface area (Å²) in [7, 11) is 1.87. The molecule has 0 radical (unpaired) electrons. The molecule has 0 amide bonds. The van der Waals surface area contributed by atoms with E-state index in [4.69, 9.17) is 0 Å². The van der Waals surface area contributed by atoms with Crippen molar-refractivity contribution < 1.29 is 0 Å². The predicted octanol–water partition coefficient (Wildman–Crippen LogP) is 1.47. The second kappa shape index (κ2) is 5.79. The van der Waals surface area contributed by atoms with Gasteiger partial charge in [-0.05, 0) is 29.9 Å². The minimum absolute atomic E-state index is 0.844. The van der Waals surface area contributed by atoms with Crippen molar-refractivity contribution in [3.05, 3.63) is 30.2 Å². The SMILES string of the molecule is CCNCc1ccc(Sc2ncnn2C)nc1. The van der Waals surface area contributed by atoms with E-state index in [0.29, 0.717) is 0 Å². The summed E-state index contributed by atoms with van der Waals surface area (Å²) >= 11 is 1.51. The number of hydrogen-bond donors (Lipinski definition) is 1. The summed E-state index contributed by atoms with van der Waals surface area (Å²) in [6.07, 6.45) is 3.43. The van der Waals surface area contributed by atoms with Crippen molar-refractivity contribution in [3.8, 4) is 0 Å². The van der Waals surface area contributed by atoms with Gasteiger partial charge in [0, 0.05) is 19.8 Å². The van der Waals surface area contributed by atoms with Gasteiger partial charge in [0.15, 0.2) is 5.16 Å². The number of nitrogens with one attached hydrogen (secondary N) is 1. The molecule has 2 rings (SSSR count). The molecule has 0 spiro atoms. The number of nitrogens with zero attached hydrogens (tertiary/aromatic N) is 4. The molecule has 90 valence electrons. The Hall–Kier alpha value is -1.40. The van der Waals surface area contributed by atoms with Crippen LogP contribution in [0.3, 0.4) is 0 Å². The lowest BCUT2D eigenvalue weighted by Crippen LogP contribution is -2.11. The molecule has 0 aromatic carbocycles. The minimum Gasteiger partial charge on any atom is -0.313 e. The van der Waals surface area contributed by atoms with E-state index in [2.05, 4.69) is 33.4 Å². The number of aryl methyl sites for hydroxylation is 1. The molecule has 0 atom stereocenters. The summed E-state index contributed by atoms with van der Waals surface area (Å²) in [6, 6.07) is 4.08. The summed E-state index contributed by atoms with van der Waals surface area (Å²) < 4.78 is 1.74. The first-order valence-electron chi connectivity index (χ1n) is 5.47. The zero-order valence-electron chi connectivity index (χ0n) is 9.92. The van der Waals surface area contributed by atoms with E-state index >= 15 is 0 Å². The zero-order chi connectivity index (χ0) is 12.1. The predicted molar refractivity (Wildman–Crippen MR) is 66.7 cm³/mol. The first-order chi connectivity index (χ1) is 8.29. The van der Waals surface area contributed by atoms with Crippen LogP contribution in [0.25, 0.3) is 0 Å². The van der Waals surface area contributed by atoms with Crippen LogP contribution in [0.1, 0.15) is 12.5 Å². The lowest BCUT2D eigenvalue weighted by atomic mass is 10.3. The first kappa shape index (κ1) is 12.1. The summed E-state index contributed by atoms with van der Waals surface area (Å²) in [5.74, 6) is 0. The Kier molecular flexibility index (Phi) is 4.11. The van der Waals surface area contributed by atoms with E-state index in [1.807, 2.05) is 19.3 Å². The Labute approximate surface area is 105 Å². The molecule has 0 fully saturated rings. The Morgan fingerprint density at radius 3 is 2.82 bits per heavy atom. The highest BCUT2D eigenvalue weighted by Gasteiger charge is 2.04. The smallest absolute Gasteiger partial charge is 0.192 e. The quantitative estimate of drug-likeness (QED) is 0.869. The highest BCUT2D eigenvalue weighted by molar-refractivity contribution is 7.99. The van der Waals surface area contributed by atoms with E-state index in [1.165, 1.54) is 17.3 Å². The molecule has 0 aliphatic rings. The summed E-state index contributed by atoms with van der Waals surface area (Å²) in [5, 5.41) is 9.06. The fourth-order valence-corrected chi connectivity index (χ4v) is 2.02. The molecule has 0 saturated heterocycles. The standard InChI is InChI=1S/C11H15N5S/c1-3-12-6-9-4-5-10(13-7-9)17-11-14-8-15-16(11)2/h4-5,7-8,12H,3,6H2,1-2H3. The van der Waals surface area contributed by atoms with Crippen LogP contribution < -0.4 is 5.32 Å². The Balaban J connectivity index is 2.01. The van der Waals surface area contributed by atoms with Gasteiger partial charge in [-0.1, -0.05) is 13.0 Å². The van der Waals surface area contributed by atoms with Crippen LogP contribution in [0, 0.1) is 0 Å². The van der Waals surface area contributed by atoms with Crippen molar-refractivity contribution in [1.82, 2.24) is 25.1 Å². The van der Waals surface area contributed by atoms with Crippen LogP contribution in [-0.2, 0) is 13.6 Å². The topological polar surface area (TPSA) is 55.6 Å². The fourth-order valence-electron chi connectivity index (χ4n) is 1.32. The molecule has 17 heavy (non-hydrogen) atoms. The number of hydrogen-bond acceptors (Lipinski definition) is 5. The average Bonchev–Trinajstić information content (AvgIpc) is 2.74. The maximum absolute atomic E-state index is 4.39. The second-order valence-corrected chi connectivity index (χ2v) is 4.54. The number of pyridine rings is 1. The highest BCUT2D eigenvalue weighted by atomic mass is 32.2. The lowest BCUT2D eigenvalue weighted by molar-refractivity contribution is 0.684. The molecule has 6 heteroatoms. The van der Waals surface area contributed by atoms with Gasteiger partial charge in [0.2, 0.25) is 0 Å². The van der Waals surface area contributed by atoms with Gasteiger partial charge in [0.1, 0.15) is 11.4 Å². The van der Waals surface area contributed by atoms with Gasteiger partial charge in [0.25, 0.3) is 0 Å².